The van der Waals surface area contributed by atoms with Crippen molar-refractivity contribution in [3.8, 4) is 0 Å². The lowest BCUT2D eigenvalue weighted by molar-refractivity contribution is -0.141. The van der Waals surface area contributed by atoms with E-state index in [1.54, 1.807) is 35.2 Å². The Bertz CT molecular complexity index is 1140. The fourth-order valence-electron chi connectivity index (χ4n) is 3.71. The minimum absolute atomic E-state index is 0.0417. The molecule has 0 aliphatic rings. The van der Waals surface area contributed by atoms with Gasteiger partial charge in [-0.15, -0.1) is 0 Å². The van der Waals surface area contributed by atoms with Gasteiger partial charge in [0.2, 0.25) is 11.8 Å². The number of amides is 2. The van der Waals surface area contributed by atoms with Crippen LogP contribution in [0.4, 0.5) is 4.39 Å². The summed E-state index contributed by atoms with van der Waals surface area (Å²) in [6.45, 7) is 4.08. The number of benzene rings is 3. The second-order valence-corrected chi connectivity index (χ2v) is 9.41. The fraction of sp³-hybridized carbons (Fsp3) is 0.286. The summed E-state index contributed by atoms with van der Waals surface area (Å²) < 4.78 is 13.5. The molecule has 35 heavy (non-hydrogen) atoms. The molecule has 0 unspecified atom stereocenters. The second-order valence-electron chi connectivity index (χ2n) is 8.60. The van der Waals surface area contributed by atoms with E-state index in [9.17, 15) is 14.0 Å². The average Bonchev–Trinajstić information content (AvgIpc) is 2.85. The summed E-state index contributed by atoms with van der Waals surface area (Å²) in [4.78, 5) is 28.7. The zero-order valence-corrected chi connectivity index (χ0v) is 21.3. The normalized spacial score (nSPS) is 12.6. The van der Waals surface area contributed by atoms with Crippen molar-refractivity contribution in [3.05, 3.63) is 105 Å². The third-order valence-corrected chi connectivity index (χ3v) is 6.62. The number of nitrogens with zero attached hydrogens (tertiary/aromatic N) is 1. The van der Waals surface area contributed by atoms with Gasteiger partial charge in [0.05, 0.1) is 16.5 Å². The van der Waals surface area contributed by atoms with Crippen molar-refractivity contribution >= 4 is 35.0 Å². The summed E-state index contributed by atoms with van der Waals surface area (Å²) in [5.41, 5.74) is 2.35. The predicted molar refractivity (Wildman–Crippen MR) is 139 cm³/mol. The smallest absolute Gasteiger partial charge is 0.243 e. The maximum Gasteiger partial charge on any atom is 0.243 e. The van der Waals surface area contributed by atoms with Gasteiger partial charge in [0.1, 0.15) is 11.9 Å². The SMILES string of the molecule is CC[C@H](C)NC(=O)[C@@H](Cc1ccccc1)N(Cc1ccc(F)cc1)C(=O)Cc1ccc(Cl)c(Cl)c1. The van der Waals surface area contributed by atoms with Gasteiger partial charge in [-0.1, -0.05) is 78.7 Å². The lowest BCUT2D eigenvalue weighted by Crippen LogP contribution is -2.52. The molecular weight excluding hydrogens is 486 g/mol. The summed E-state index contributed by atoms with van der Waals surface area (Å²) in [5.74, 6) is -0.835. The highest BCUT2D eigenvalue weighted by Gasteiger charge is 2.31. The van der Waals surface area contributed by atoms with E-state index in [2.05, 4.69) is 5.32 Å². The number of carbonyl (C=O) groups excluding carboxylic acids is 2. The summed E-state index contributed by atoms with van der Waals surface area (Å²) in [6.07, 6.45) is 1.15. The molecule has 0 spiro atoms. The van der Waals surface area contributed by atoms with Gasteiger partial charge in [-0.05, 0) is 54.3 Å². The number of nitrogens with one attached hydrogen (secondary N) is 1. The van der Waals surface area contributed by atoms with Crippen LogP contribution in [0.5, 0.6) is 0 Å². The van der Waals surface area contributed by atoms with E-state index >= 15 is 0 Å². The number of rotatable bonds is 10. The van der Waals surface area contributed by atoms with Crippen molar-refractivity contribution < 1.29 is 14.0 Å². The Morgan fingerprint density at radius 3 is 2.20 bits per heavy atom. The molecule has 0 radical (unpaired) electrons. The third kappa shape index (κ3) is 7.81. The molecule has 3 rings (SSSR count). The Morgan fingerprint density at radius 2 is 1.57 bits per heavy atom. The van der Waals surface area contributed by atoms with Crippen LogP contribution in [-0.4, -0.2) is 28.8 Å². The first-order valence-electron chi connectivity index (χ1n) is 11.6. The Hall–Kier alpha value is -2.89. The maximum absolute atomic E-state index is 13.7. The van der Waals surface area contributed by atoms with Crippen LogP contribution in [0, 0.1) is 5.82 Å². The van der Waals surface area contributed by atoms with Crippen LogP contribution in [0.1, 0.15) is 37.0 Å². The zero-order valence-electron chi connectivity index (χ0n) is 19.8. The number of hydrogen-bond donors (Lipinski definition) is 1. The van der Waals surface area contributed by atoms with Gasteiger partial charge in [0, 0.05) is 19.0 Å². The van der Waals surface area contributed by atoms with Crippen molar-refractivity contribution in [2.75, 3.05) is 0 Å². The highest BCUT2D eigenvalue weighted by molar-refractivity contribution is 6.42. The molecule has 2 atom stereocenters. The summed E-state index contributed by atoms with van der Waals surface area (Å²) in [6, 6.07) is 19.8. The zero-order chi connectivity index (χ0) is 25.4. The minimum Gasteiger partial charge on any atom is -0.352 e. The molecule has 3 aromatic rings. The van der Waals surface area contributed by atoms with E-state index in [-0.39, 0.29) is 36.6 Å². The van der Waals surface area contributed by atoms with Gasteiger partial charge >= 0.3 is 0 Å². The molecule has 0 aliphatic heterocycles. The molecule has 0 heterocycles. The fourth-order valence-corrected chi connectivity index (χ4v) is 4.03. The monoisotopic (exact) mass is 514 g/mol. The van der Waals surface area contributed by atoms with Gasteiger partial charge in [-0.25, -0.2) is 4.39 Å². The Labute approximate surface area is 216 Å². The van der Waals surface area contributed by atoms with Crippen LogP contribution in [0.15, 0.2) is 72.8 Å². The van der Waals surface area contributed by atoms with Crippen molar-refractivity contribution in [1.29, 1.82) is 0 Å². The largest absolute Gasteiger partial charge is 0.352 e. The standard InChI is InChI=1S/C28H29Cl2FN2O2/c1-3-19(2)32-28(35)26(16-20-7-5-4-6-8-20)33(18-21-9-12-23(31)13-10-21)27(34)17-22-11-14-24(29)25(30)15-22/h4-15,19,26H,3,16-18H2,1-2H3,(H,32,35)/t19-,26+/m0/s1. The first-order chi connectivity index (χ1) is 16.8. The van der Waals surface area contributed by atoms with Crippen molar-refractivity contribution in [1.82, 2.24) is 10.2 Å². The number of carbonyl (C=O) groups is 2. The molecule has 184 valence electrons. The lowest BCUT2D eigenvalue weighted by Gasteiger charge is -2.32. The van der Waals surface area contributed by atoms with E-state index in [1.165, 1.54) is 12.1 Å². The van der Waals surface area contributed by atoms with Crippen LogP contribution in [-0.2, 0) is 29.0 Å². The van der Waals surface area contributed by atoms with E-state index in [0.29, 0.717) is 22.0 Å². The van der Waals surface area contributed by atoms with Crippen LogP contribution >= 0.6 is 23.2 Å². The van der Waals surface area contributed by atoms with Gasteiger partial charge in [-0.2, -0.15) is 0 Å². The third-order valence-electron chi connectivity index (χ3n) is 5.88. The molecular formula is C28H29Cl2FN2O2. The minimum atomic E-state index is -0.758. The Kier molecular flexibility index (Phi) is 9.70. The van der Waals surface area contributed by atoms with Crippen LogP contribution in [0.25, 0.3) is 0 Å². The van der Waals surface area contributed by atoms with Crippen molar-refractivity contribution in [2.45, 2.75) is 51.7 Å². The van der Waals surface area contributed by atoms with E-state index in [4.69, 9.17) is 23.2 Å². The average molecular weight is 515 g/mol. The van der Waals surface area contributed by atoms with Gasteiger partial charge in [0.15, 0.2) is 0 Å². The summed E-state index contributed by atoms with van der Waals surface area (Å²) >= 11 is 12.2. The van der Waals surface area contributed by atoms with E-state index in [0.717, 1.165) is 17.5 Å². The van der Waals surface area contributed by atoms with Crippen molar-refractivity contribution in [3.63, 3.8) is 0 Å². The Balaban J connectivity index is 1.97. The topological polar surface area (TPSA) is 49.4 Å². The molecule has 0 bridgehead atoms. The quantitative estimate of drug-likeness (QED) is 0.348. The molecule has 0 saturated heterocycles. The van der Waals surface area contributed by atoms with E-state index < -0.39 is 6.04 Å². The molecule has 0 saturated carbocycles. The molecule has 2 amide bonds. The van der Waals surface area contributed by atoms with Crippen LogP contribution in [0.3, 0.4) is 0 Å². The highest BCUT2D eigenvalue weighted by Crippen LogP contribution is 2.24. The summed E-state index contributed by atoms with van der Waals surface area (Å²) in [7, 11) is 0. The van der Waals surface area contributed by atoms with E-state index in [1.807, 2.05) is 44.2 Å². The number of halogens is 3. The van der Waals surface area contributed by atoms with Gasteiger partial charge in [-0.3, -0.25) is 9.59 Å². The molecule has 0 fully saturated rings. The molecule has 4 nitrogen and oxygen atoms in total. The Morgan fingerprint density at radius 1 is 0.914 bits per heavy atom. The molecule has 7 heteroatoms. The van der Waals surface area contributed by atoms with Gasteiger partial charge < -0.3 is 10.2 Å². The molecule has 1 N–H and O–H groups in total. The first kappa shape index (κ1) is 26.7. The molecule has 0 aromatic heterocycles. The van der Waals surface area contributed by atoms with Gasteiger partial charge in [0.25, 0.3) is 0 Å². The van der Waals surface area contributed by atoms with Crippen molar-refractivity contribution in [2.24, 2.45) is 0 Å². The second kappa shape index (κ2) is 12.7. The molecule has 3 aromatic carbocycles. The van der Waals surface area contributed by atoms with Crippen LogP contribution in [0.2, 0.25) is 10.0 Å². The first-order valence-corrected chi connectivity index (χ1v) is 12.3. The summed E-state index contributed by atoms with van der Waals surface area (Å²) in [5, 5.41) is 3.79. The predicted octanol–water partition coefficient (Wildman–Crippen LogP) is 6.23. The number of hydrogen-bond acceptors (Lipinski definition) is 2. The highest BCUT2D eigenvalue weighted by atomic mass is 35.5. The maximum atomic E-state index is 13.7. The van der Waals surface area contributed by atoms with Crippen LogP contribution < -0.4 is 5.32 Å². The lowest BCUT2D eigenvalue weighted by atomic mass is 10.0. The molecule has 0 aliphatic carbocycles.